The van der Waals surface area contributed by atoms with Crippen LogP contribution >= 0.6 is 0 Å². The van der Waals surface area contributed by atoms with Gasteiger partial charge in [0.1, 0.15) is 11.5 Å². The van der Waals surface area contributed by atoms with Crippen molar-refractivity contribution in [2.24, 2.45) is 0 Å². The molecule has 8 nitrogen and oxygen atoms in total. The maximum absolute atomic E-state index is 14.0. The molecule has 9 heteroatoms. The Kier molecular flexibility index (Phi) is 7.17. The average molecular weight is 525 g/mol. The van der Waals surface area contributed by atoms with Crippen LogP contribution in [0.2, 0.25) is 0 Å². The van der Waals surface area contributed by atoms with Crippen LogP contribution in [0.25, 0.3) is 0 Å². The van der Waals surface area contributed by atoms with Crippen LogP contribution in [0.1, 0.15) is 24.0 Å². The van der Waals surface area contributed by atoms with Crippen molar-refractivity contribution in [2.45, 2.75) is 37.2 Å². The zero-order valence-corrected chi connectivity index (χ0v) is 22.2. The zero-order valence-electron chi connectivity index (χ0n) is 21.3. The van der Waals surface area contributed by atoms with Crippen molar-refractivity contribution >= 4 is 15.7 Å². The molecule has 1 fully saturated rings. The van der Waals surface area contributed by atoms with E-state index in [0.29, 0.717) is 30.0 Å². The quantitative estimate of drug-likeness (QED) is 0.426. The Morgan fingerprint density at radius 1 is 0.892 bits per heavy atom. The molecule has 0 bridgehead atoms. The van der Waals surface area contributed by atoms with Crippen molar-refractivity contribution in [2.75, 3.05) is 38.4 Å². The topological polar surface area (TPSA) is 77.5 Å². The van der Waals surface area contributed by atoms with Gasteiger partial charge in [-0.15, -0.1) is 0 Å². The van der Waals surface area contributed by atoms with Crippen LogP contribution in [-0.2, 0) is 16.6 Å². The molecule has 0 aliphatic carbocycles. The van der Waals surface area contributed by atoms with E-state index in [0.717, 1.165) is 42.3 Å². The van der Waals surface area contributed by atoms with E-state index in [9.17, 15) is 8.42 Å². The highest BCUT2D eigenvalue weighted by atomic mass is 32.2. The molecule has 0 amide bonds. The number of piperidine rings is 1. The van der Waals surface area contributed by atoms with Gasteiger partial charge in [0.15, 0.2) is 11.5 Å². The molecule has 37 heavy (non-hydrogen) atoms. The highest BCUT2D eigenvalue weighted by molar-refractivity contribution is 7.92. The molecule has 1 saturated heterocycles. The van der Waals surface area contributed by atoms with Crippen molar-refractivity contribution in [1.82, 2.24) is 4.90 Å². The number of sulfonamides is 1. The van der Waals surface area contributed by atoms with E-state index in [-0.39, 0.29) is 17.7 Å². The van der Waals surface area contributed by atoms with Crippen LogP contribution < -0.4 is 23.3 Å². The fourth-order valence-corrected chi connectivity index (χ4v) is 6.62. The predicted molar refractivity (Wildman–Crippen MR) is 141 cm³/mol. The van der Waals surface area contributed by atoms with E-state index < -0.39 is 10.0 Å². The molecule has 2 aliphatic rings. The van der Waals surface area contributed by atoms with Crippen molar-refractivity contribution in [3.8, 4) is 23.0 Å². The number of aryl methyl sites for hydroxylation is 1. The van der Waals surface area contributed by atoms with Gasteiger partial charge in [0, 0.05) is 37.8 Å². The minimum atomic E-state index is -3.80. The standard InChI is InChI=1S/C28H32N2O6S/c1-20-4-7-26(8-5-20)37(31,32)30(23-6-9-27-28(16-23)36-19-35-27)22-10-12-29(13-11-22)18-21-14-24(33-2)17-25(15-21)34-3/h4-9,14-17,22H,10-13,18-19H2,1-3H3. The van der Waals surface area contributed by atoms with Crippen molar-refractivity contribution in [3.05, 3.63) is 71.8 Å². The Morgan fingerprint density at radius 3 is 2.19 bits per heavy atom. The molecule has 0 radical (unpaired) electrons. The third kappa shape index (κ3) is 5.33. The largest absolute Gasteiger partial charge is 0.497 e. The molecule has 3 aromatic rings. The summed E-state index contributed by atoms with van der Waals surface area (Å²) in [6.07, 6.45) is 1.39. The van der Waals surface area contributed by atoms with Crippen LogP contribution in [0.4, 0.5) is 5.69 Å². The smallest absolute Gasteiger partial charge is 0.264 e. The maximum Gasteiger partial charge on any atom is 0.264 e. The van der Waals surface area contributed by atoms with Gasteiger partial charge in [-0.1, -0.05) is 17.7 Å². The number of ether oxygens (including phenoxy) is 4. The molecule has 0 spiro atoms. The summed E-state index contributed by atoms with van der Waals surface area (Å²) in [5, 5.41) is 0. The molecule has 0 aromatic heterocycles. The second-order valence-corrected chi connectivity index (χ2v) is 11.2. The summed E-state index contributed by atoms with van der Waals surface area (Å²) in [6.45, 7) is 4.33. The SMILES string of the molecule is COc1cc(CN2CCC(N(c3ccc4c(c3)OCO4)S(=O)(=O)c3ccc(C)cc3)CC2)cc(OC)c1. The van der Waals surface area contributed by atoms with Gasteiger partial charge < -0.3 is 18.9 Å². The number of nitrogens with zero attached hydrogens (tertiary/aromatic N) is 2. The Morgan fingerprint density at radius 2 is 1.54 bits per heavy atom. The van der Waals surface area contributed by atoms with Crippen molar-refractivity contribution in [1.29, 1.82) is 0 Å². The first kappa shape index (κ1) is 25.2. The maximum atomic E-state index is 14.0. The second kappa shape index (κ2) is 10.5. The monoisotopic (exact) mass is 524 g/mol. The molecule has 2 heterocycles. The van der Waals surface area contributed by atoms with Gasteiger partial charge in [-0.05, 0) is 61.7 Å². The number of benzene rings is 3. The van der Waals surface area contributed by atoms with Gasteiger partial charge >= 0.3 is 0 Å². The lowest BCUT2D eigenvalue weighted by Gasteiger charge is -2.39. The molecule has 2 aliphatic heterocycles. The first-order valence-electron chi connectivity index (χ1n) is 12.3. The third-order valence-electron chi connectivity index (χ3n) is 6.89. The Hall–Kier alpha value is -3.43. The predicted octanol–water partition coefficient (Wildman–Crippen LogP) is 4.60. The highest BCUT2D eigenvalue weighted by Crippen LogP contribution is 2.39. The number of likely N-dealkylation sites (tertiary alicyclic amines) is 1. The van der Waals surface area contributed by atoms with Crippen LogP contribution in [0.5, 0.6) is 23.0 Å². The summed E-state index contributed by atoms with van der Waals surface area (Å²) in [5.41, 5.74) is 2.69. The van der Waals surface area contributed by atoms with Crippen molar-refractivity contribution < 1.29 is 27.4 Å². The van der Waals surface area contributed by atoms with E-state index in [1.165, 1.54) is 0 Å². The zero-order chi connectivity index (χ0) is 26.0. The summed E-state index contributed by atoms with van der Waals surface area (Å²) in [7, 11) is -0.513. The molecular formula is C28H32N2O6S. The summed E-state index contributed by atoms with van der Waals surface area (Å²) in [6, 6.07) is 18.0. The first-order chi connectivity index (χ1) is 17.9. The minimum absolute atomic E-state index is 0.136. The van der Waals surface area contributed by atoms with Crippen LogP contribution in [0.15, 0.2) is 65.6 Å². The summed E-state index contributed by atoms with van der Waals surface area (Å²) in [5.74, 6) is 2.69. The Bertz CT molecular complexity index is 1330. The Balaban J connectivity index is 1.39. The number of fused-ring (bicyclic) bond motifs is 1. The molecule has 0 atom stereocenters. The fourth-order valence-electron chi connectivity index (χ4n) is 4.92. The third-order valence-corrected chi connectivity index (χ3v) is 8.79. The molecule has 0 unspecified atom stereocenters. The Labute approximate surface area is 218 Å². The number of rotatable bonds is 8. The summed E-state index contributed by atoms with van der Waals surface area (Å²) >= 11 is 0. The molecule has 0 saturated carbocycles. The van der Waals surface area contributed by atoms with Gasteiger partial charge in [0.25, 0.3) is 10.0 Å². The van der Waals surface area contributed by atoms with E-state index in [4.69, 9.17) is 18.9 Å². The fraction of sp³-hybridized carbons (Fsp3) is 0.357. The van der Waals surface area contributed by atoms with Crippen LogP contribution in [0.3, 0.4) is 0 Å². The summed E-state index contributed by atoms with van der Waals surface area (Å²) in [4.78, 5) is 2.61. The van der Waals surface area contributed by atoms with E-state index in [1.54, 1.807) is 48.9 Å². The van der Waals surface area contributed by atoms with Gasteiger partial charge in [-0.2, -0.15) is 0 Å². The van der Waals surface area contributed by atoms with Crippen LogP contribution in [0, 0.1) is 6.92 Å². The van der Waals surface area contributed by atoms with Crippen molar-refractivity contribution in [3.63, 3.8) is 0 Å². The molecule has 0 N–H and O–H groups in total. The summed E-state index contributed by atoms with van der Waals surface area (Å²) < 4.78 is 51.3. The van der Waals surface area contributed by atoms with Gasteiger partial charge in [-0.3, -0.25) is 9.21 Å². The first-order valence-corrected chi connectivity index (χ1v) is 13.8. The molecule has 3 aromatic carbocycles. The average Bonchev–Trinajstić information content (AvgIpc) is 3.38. The lowest BCUT2D eigenvalue weighted by Crippen LogP contribution is -2.47. The number of hydrogen-bond donors (Lipinski definition) is 0. The lowest BCUT2D eigenvalue weighted by atomic mass is 10.0. The van der Waals surface area contributed by atoms with Gasteiger partial charge in [-0.25, -0.2) is 8.42 Å². The normalized spacial score (nSPS) is 16.0. The highest BCUT2D eigenvalue weighted by Gasteiger charge is 2.35. The van der Waals surface area contributed by atoms with Gasteiger partial charge in [0.2, 0.25) is 6.79 Å². The van der Waals surface area contributed by atoms with E-state index in [2.05, 4.69) is 4.90 Å². The molecular weight excluding hydrogens is 492 g/mol. The molecule has 196 valence electrons. The van der Waals surface area contributed by atoms with Gasteiger partial charge in [0.05, 0.1) is 24.8 Å². The lowest BCUT2D eigenvalue weighted by molar-refractivity contribution is 0.174. The van der Waals surface area contributed by atoms with E-state index in [1.807, 2.05) is 37.3 Å². The number of methoxy groups -OCH3 is 2. The molecule has 5 rings (SSSR count). The number of hydrogen-bond acceptors (Lipinski definition) is 7. The van der Waals surface area contributed by atoms with Crippen LogP contribution in [-0.4, -0.2) is 53.5 Å². The second-order valence-electron chi connectivity index (χ2n) is 9.38. The number of anilines is 1. The van der Waals surface area contributed by atoms with E-state index >= 15 is 0 Å². The minimum Gasteiger partial charge on any atom is -0.497 e.